The van der Waals surface area contributed by atoms with Gasteiger partial charge in [0.2, 0.25) is 0 Å². The molecule has 0 radical (unpaired) electrons. The molecule has 0 saturated carbocycles. The van der Waals surface area contributed by atoms with Gasteiger partial charge >= 0.3 is 0 Å². The summed E-state index contributed by atoms with van der Waals surface area (Å²) >= 11 is 0. The lowest BCUT2D eigenvalue weighted by Crippen LogP contribution is -1.97. The number of hydrogen-bond acceptors (Lipinski definition) is 2. The molecule has 0 aliphatic carbocycles. The Morgan fingerprint density at radius 3 is 2.60 bits per heavy atom. The molecular weight excluding hydrogens is 188 g/mol. The maximum Gasteiger partial charge on any atom is 0.293 e. The summed E-state index contributed by atoms with van der Waals surface area (Å²) in [6, 6.07) is 14.2. The minimum Gasteiger partial charge on any atom is -0.460 e. The Kier molecular flexibility index (Phi) is 2.68. The smallest absolute Gasteiger partial charge is 0.293 e. The Bertz CT molecular complexity index is 477. The van der Waals surface area contributed by atoms with Crippen LogP contribution in [0.2, 0.25) is 0 Å². The van der Waals surface area contributed by atoms with E-state index in [9.17, 15) is 4.79 Å². The van der Waals surface area contributed by atoms with Crippen molar-refractivity contribution in [2.45, 2.75) is 13.0 Å². The van der Waals surface area contributed by atoms with E-state index in [0.29, 0.717) is 6.47 Å². The monoisotopic (exact) mass is 200 g/mol. The molecule has 0 amide bonds. The van der Waals surface area contributed by atoms with Gasteiger partial charge in [-0.05, 0) is 29.3 Å². The molecule has 1 atom stereocenters. The number of rotatable bonds is 3. The van der Waals surface area contributed by atoms with Gasteiger partial charge in [-0.15, -0.1) is 0 Å². The number of hydrogen-bond donors (Lipinski definition) is 0. The number of fused-ring (bicyclic) bond motifs is 1. The molecule has 0 heterocycles. The highest BCUT2D eigenvalue weighted by atomic mass is 16.5. The summed E-state index contributed by atoms with van der Waals surface area (Å²) in [5.74, 6) is 0. The third kappa shape index (κ3) is 1.99. The first-order valence-corrected chi connectivity index (χ1v) is 4.89. The molecule has 15 heavy (non-hydrogen) atoms. The molecule has 0 saturated heterocycles. The summed E-state index contributed by atoms with van der Waals surface area (Å²) in [5.41, 5.74) is 1.01. The quantitative estimate of drug-likeness (QED) is 0.712. The molecule has 1 unspecified atom stereocenters. The van der Waals surface area contributed by atoms with Crippen LogP contribution >= 0.6 is 0 Å². The first kappa shape index (κ1) is 9.71. The van der Waals surface area contributed by atoms with Crippen LogP contribution in [-0.2, 0) is 9.53 Å². The second-order valence-corrected chi connectivity index (χ2v) is 3.48. The van der Waals surface area contributed by atoms with Gasteiger partial charge in [0.15, 0.2) is 0 Å². The number of carbonyl (C=O) groups is 1. The topological polar surface area (TPSA) is 26.3 Å². The average molecular weight is 200 g/mol. The van der Waals surface area contributed by atoms with Crippen molar-refractivity contribution < 1.29 is 9.53 Å². The van der Waals surface area contributed by atoms with Crippen molar-refractivity contribution in [1.29, 1.82) is 0 Å². The van der Waals surface area contributed by atoms with Gasteiger partial charge in [-0.3, -0.25) is 4.79 Å². The third-order valence-corrected chi connectivity index (χ3v) is 2.50. The van der Waals surface area contributed by atoms with Crippen molar-refractivity contribution >= 4 is 17.2 Å². The van der Waals surface area contributed by atoms with Gasteiger partial charge in [-0.2, -0.15) is 0 Å². The highest BCUT2D eigenvalue weighted by Crippen LogP contribution is 2.21. The Labute approximate surface area is 88.5 Å². The average Bonchev–Trinajstić information content (AvgIpc) is 2.29. The van der Waals surface area contributed by atoms with Crippen LogP contribution in [0.3, 0.4) is 0 Å². The van der Waals surface area contributed by atoms with E-state index in [-0.39, 0.29) is 6.10 Å². The van der Waals surface area contributed by atoms with E-state index in [4.69, 9.17) is 4.74 Å². The minimum absolute atomic E-state index is 0.188. The van der Waals surface area contributed by atoms with Crippen molar-refractivity contribution in [3.05, 3.63) is 48.0 Å². The van der Waals surface area contributed by atoms with Crippen LogP contribution in [0.1, 0.15) is 18.6 Å². The summed E-state index contributed by atoms with van der Waals surface area (Å²) in [5, 5.41) is 2.36. The Morgan fingerprint density at radius 2 is 1.87 bits per heavy atom. The van der Waals surface area contributed by atoms with Crippen molar-refractivity contribution in [2.75, 3.05) is 0 Å². The highest BCUT2D eigenvalue weighted by Gasteiger charge is 2.05. The molecule has 0 aliphatic rings. The molecule has 2 rings (SSSR count). The standard InChI is InChI=1S/C13H12O2/c1-10(15-9-14)12-7-6-11-4-2-3-5-13(11)8-12/h2-10H,1H3. The molecule has 0 aliphatic heterocycles. The summed E-state index contributed by atoms with van der Waals surface area (Å²) in [7, 11) is 0. The molecule has 2 aromatic carbocycles. The van der Waals surface area contributed by atoms with Gasteiger partial charge in [0.1, 0.15) is 6.10 Å². The van der Waals surface area contributed by atoms with Crippen LogP contribution in [-0.4, -0.2) is 6.47 Å². The van der Waals surface area contributed by atoms with E-state index in [2.05, 4.69) is 6.07 Å². The highest BCUT2D eigenvalue weighted by molar-refractivity contribution is 5.83. The Morgan fingerprint density at radius 1 is 1.13 bits per heavy atom. The number of carbonyl (C=O) groups excluding carboxylic acids is 1. The van der Waals surface area contributed by atoms with Crippen LogP contribution in [0.25, 0.3) is 10.8 Å². The molecule has 0 aromatic heterocycles. The molecule has 76 valence electrons. The summed E-state index contributed by atoms with van der Waals surface area (Å²) in [4.78, 5) is 10.2. The second kappa shape index (κ2) is 4.13. The van der Waals surface area contributed by atoms with E-state index in [0.717, 1.165) is 10.9 Å². The first-order valence-electron chi connectivity index (χ1n) is 4.89. The van der Waals surface area contributed by atoms with Gasteiger partial charge in [0.25, 0.3) is 6.47 Å². The van der Waals surface area contributed by atoms with E-state index < -0.39 is 0 Å². The van der Waals surface area contributed by atoms with Crippen molar-refractivity contribution in [2.24, 2.45) is 0 Å². The van der Waals surface area contributed by atoms with Crippen LogP contribution in [0.15, 0.2) is 42.5 Å². The molecule has 0 bridgehead atoms. The Hall–Kier alpha value is -1.83. The largest absolute Gasteiger partial charge is 0.460 e. The van der Waals surface area contributed by atoms with Crippen LogP contribution < -0.4 is 0 Å². The van der Waals surface area contributed by atoms with Crippen molar-refractivity contribution in [3.63, 3.8) is 0 Å². The minimum atomic E-state index is -0.188. The predicted molar refractivity (Wildman–Crippen MR) is 59.5 cm³/mol. The van der Waals surface area contributed by atoms with Crippen molar-refractivity contribution in [3.8, 4) is 0 Å². The maximum absolute atomic E-state index is 10.2. The SMILES string of the molecule is CC(OC=O)c1ccc2ccccc2c1. The van der Waals surface area contributed by atoms with Gasteiger partial charge in [0.05, 0.1) is 0 Å². The van der Waals surface area contributed by atoms with Crippen LogP contribution in [0.4, 0.5) is 0 Å². The van der Waals surface area contributed by atoms with E-state index in [1.807, 2.05) is 43.3 Å². The molecule has 2 aromatic rings. The van der Waals surface area contributed by atoms with E-state index in [1.54, 1.807) is 0 Å². The lowest BCUT2D eigenvalue weighted by Gasteiger charge is -2.10. The number of benzene rings is 2. The zero-order chi connectivity index (χ0) is 10.7. The summed E-state index contributed by atoms with van der Waals surface area (Å²) in [6.07, 6.45) is -0.188. The van der Waals surface area contributed by atoms with E-state index >= 15 is 0 Å². The fraction of sp³-hybridized carbons (Fsp3) is 0.154. The molecule has 0 N–H and O–H groups in total. The lowest BCUT2D eigenvalue weighted by molar-refractivity contribution is -0.133. The van der Waals surface area contributed by atoms with Crippen molar-refractivity contribution in [1.82, 2.24) is 0 Å². The van der Waals surface area contributed by atoms with Gasteiger partial charge < -0.3 is 4.74 Å². The molecular formula is C13H12O2. The van der Waals surface area contributed by atoms with Crippen LogP contribution in [0.5, 0.6) is 0 Å². The maximum atomic E-state index is 10.2. The molecule has 2 nitrogen and oxygen atoms in total. The third-order valence-electron chi connectivity index (χ3n) is 2.50. The molecule has 2 heteroatoms. The number of ether oxygens (including phenoxy) is 1. The second-order valence-electron chi connectivity index (χ2n) is 3.48. The van der Waals surface area contributed by atoms with Gasteiger partial charge in [0, 0.05) is 0 Å². The van der Waals surface area contributed by atoms with E-state index in [1.165, 1.54) is 5.39 Å². The normalized spacial score (nSPS) is 12.3. The molecule has 0 fully saturated rings. The zero-order valence-corrected chi connectivity index (χ0v) is 8.51. The lowest BCUT2D eigenvalue weighted by atomic mass is 10.0. The fourth-order valence-electron chi connectivity index (χ4n) is 1.62. The Balaban J connectivity index is 2.42. The summed E-state index contributed by atoms with van der Waals surface area (Å²) < 4.78 is 4.90. The fourth-order valence-corrected chi connectivity index (χ4v) is 1.62. The van der Waals surface area contributed by atoms with Gasteiger partial charge in [-0.1, -0.05) is 36.4 Å². The first-order chi connectivity index (χ1) is 7.31. The molecule has 0 spiro atoms. The van der Waals surface area contributed by atoms with Gasteiger partial charge in [-0.25, -0.2) is 0 Å². The predicted octanol–water partition coefficient (Wildman–Crippen LogP) is 3.07. The van der Waals surface area contributed by atoms with Crippen LogP contribution in [0, 0.1) is 0 Å². The zero-order valence-electron chi connectivity index (χ0n) is 8.51. The summed E-state index contributed by atoms with van der Waals surface area (Å²) in [6.45, 7) is 2.35.